The van der Waals surface area contributed by atoms with Crippen molar-refractivity contribution in [2.24, 2.45) is 11.8 Å². The Labute approximate surface area is 172 Å². The number of anilines is 2. The van der Waals surface area contributed by atoms with Crippen LogP contribution in [-0.2, 0) is 9.59 Å². The van der Waals surface area contributed by atoms with Crippen LogP contribution in [0.3, 0.4) is 0 Å². The van der Waals surface area contributed by atoms with E-state index < -0.39 is 23.7 Å². The van der Waals surface area contributed by atoms with Crippen molar-refractivity contribution < 1.29 is 24.3 Å². The van der Waals surface area contributed by atoms with Gasteiger partial charge in [0.05, 0.1) is 17.4 Å². The maximum absolute atomic E-state index is 12.7. The van der Waals surface area contributed by atoms with Gasteiger partial charge in [0.2, 0.25) is 5.91 Å². The molecule has 0 saturated heterocycles. The molecule has 1 aromatic carbocycles. The summed E-state index contributed by atoms with van der Waals surface area (Å²) < 4.78 is 0. The third kappa shape index (κ3) is 4.89. The van der Waals surface area contributed by atoms with Gasteiger partial charge in [-0.3, -0.25) is 19.2 Å². The number of ketones is 1. The summed E-state index contributed by atoms with van der Waals surface area (Å²) in [4.78, 5) is 48.3. The van der Waals surface area contributed by atoms with Crippen molar-refractivity contribution in [2.45, 2.75) is 32.6 Å². The van der Waals surface area contributed by atoms with Crippen LogP contribution in [0.4, 0.5) is 10.7 Å². The summed E-state index contributed by atoms with van der Waals surface area (Å²) in [5.41, 5.74) is 1.25. The van der Waals surface area contributed by atoms with E-state index in [0.29, 0.717) is 34.7 Å². The van der Waals surface area contributed by atoms with E-state index in [1.54, 1.807) is 35.7 Å². The lowest BCUT2D eigenvalue weighted by Crippen LogP contribution is -2.36. The smallest absolute Gasteiger partial charge is 0.307 e. The summed E-state index contributed by atoms with van der Waals surface area (Å²) in [6.07, 6.45) is 2.62. The molecule has 1 aromatic heterocycles. The quantitative estimate of drug-likeness (QED) is 0.618. The molecule has 2 amide bonds. The number of thiophene rings is 1. The molecule has 152 valence electrons. The van der Waals surface area contributed by atoms with E-state index in [4.69, 9.17) is 0 Å². The van der Waals surface area contributed by atoms with Gasteiger partial charge < -0.3 is 15.7 Å². The lowest BCUT2D eigenvalue weighted by molar-refractivity contribution is -0.147. The largest absolute Gasteiger partial charge is 0.481 e. The molecular formula is C21H22N2O5S. The maximum Gasteiger partial charge on any atom is 0.307 e. The minimum absolute atomic E-state index is 0.106. The summed E-state index contributed by atoms with van der Waals surface area (Å²) in [5, 5.41) is 16.9. The molecule has 0 bridgehead atoms. The van der Waals surface area contributed by atoms with Gasteiger partial charge in [-0.05, 0) is 43.3 Å². The summed E-state index contributed by atoms with van der Waals surface area (Å²) in [6.45, 7) is 1.45. The van der Waals surface area contributed by atoms with Crippen LogP contribution in [0.1, 0.15) is 53.3 Å². The van der Waals surface area contributed by atoms with E-state index in [2.05, 4.69) is 10.6 Å². The molecule has 3 N–H and O–H groups in total. The highest BCUT2D eigenvalue weighted by Crippen LogP contribution is 2.33. The normalized spacial score (nSPS) is 18.7. The Morgan fingerprint density at radius 2 is 1.76 bits per heavy atom. The lowest BCUT2D eigenvalue weighted by Gasteiger charge is -2.27. The van der Waals surface area contributed by atoms with E-state index in [0.717, 1.165) is 12.8 Å². The number of hydrogen-bond donors (Lipinski definition) is 3. The van der Waals surface area contributed by atoms with Gasteiger partial charge in [0, 0.05) is 11.3 Å². The van der Waals surface area contributed by atoms with E-state index in [1.165, 1.54) is 18.3 Å². The Morgan fingerprint density at radius 1 is 1.03 bits per heavy atom. The molecule has 1 aliphatic rings. The zero-order valence-electron chi connectivity index (χ0n) is 15.9. The second kappa shape index (κ2) is 9.00. The third-order valence-corrected chi connectivity index (χ3v) is 5.92. The average molecular weight is 414 g/mol. The van der Waals surface area contributed by atoms with Crippen LogP contribution in [-0.4, -0.2) is 28.7 Å². The number of benzene rings is 1. The predicted octanol–water partition coefficient (Wildman–Crippen LogP) is 4.03. The monoisotopic (exact) mass is 414 g/mol. The molecule has 0 radical (unpaired) electrons. The molecule has 3 rings (SSSR count). The Balaban J connectivity index is 1.72. The fourth-order valence-corrected chi connectivity index (χ4v) is 4.33. The maximum atomic E-state index is 12.7. The minimum atomic E-state index is -0.959. The topological polar surface area (TPSA) is 113 Å². The summed E-state index contributed by atoms with van der Waals surface area (Å²) >= 11 is 1.20. The van der Waals surface area contributed by atoms with Crippen molar-refractivity contribution in [3.63, 3.8) is 0 Å². The fraction of sp³-hybridized carbons (Fsp3) is 0.333. The molecule has 8 heteroatoms. The van der Waals surface area contributed by atoms with Crippen LogP contribution in [0.5, 0.6) is 0 Å². The molecule has 0 aliphatic heterocycles. The van der Waals surface area contributed by atoms with Crippen molar-refractivity contribution in [1.29, 1.82) is 0 Å². The molecular weight excluding hydrogens is 392 g/mol. The van der Waals surface area contributed by atoms with Crippen molar-refractivity contribution in [2.75, 3.05) is 10.6 Å². The van der Waals surface area contributed by atoms with E-state index in [1.807, 2.05) is 0 Å². The highest BCUT2D eigenvalue weighted by atomic mass is 32.1. The molecule has 2 unspecified atom stereocenters. The molecule has 2 atom stereocenters. The molecule has 1 heterocycles. The van der Waals surface area contributed by atoms with Gasteiger partial charge in [0.15, 0.2) is 5.78 Å². The van der Waals surface area contributed by atoms with Gasteiger partial charge in [0.1, 0.15) is 5.00 Å². The first kappa shape index (κ1) is 20.7. The molecule has 2 aromatic rings. The van der Waals surface area contributed by atoms with Crippen LogP contribution in [0.25, 0.3) is 0 Å². The van der Waals surface area contributed by atoms with E-state index >= 15 is 0 Å². The number of nitrogens with one attached hydrogen (secondary N) is 2. The predicted molar refractivity (Wildman–Crippen MR) is 110 cm³/mol. The SMILES string of the molecule is CC(=O)c1cccc(NC(=O)c2ccsc2NC(=O)C2CCCCC2C(=O)O)c1. The number of aliphatic carboxylic acids is 1. The van der Waals surface area contributed by atoms with Gasteiger partial charge in [-0.25, -0.2) is 0 Å². The first-order chi connectivity index (χ1) is 13.9. The van der Waals surface area contributed by atoms with Crippen molar-refractivity contribution in [3.8, 4) is 0 Å². The summed E-state index contributed by atoms with van der Waals surface area (Å²) in [6, 6.07) is 8.20. The number of carbonyl (C=O) groups excluding carboxylic acids is 3. The van der Waals surface area contributed by atoms with Crippen LogP contribution >= 0.6 is 11.3 Å². The minimum Gasteiger partial charge on any atom is -0.481 e. The van der Waals surface area contributed by atoms with Gasteiger partial charge in [-0.15, -0.1) is 11.3 Å². The van der Waals surface area contributed by atoms with Crippen LogP contribution in [0.15, 0.2) is 35.7 Å². The Hall–Kier alpha value is -3.00. The van der Waals surface area contributed by atoms with Gasteiger partial charge in [-0.2, -0.15) is 0 Å². The van der Waals surface area contributed by atoms with Crippen LogP contribution in [0.2, 0.25) is 0 Å². The number of hydrogen-bond acceptors (Lipinski definition) is 5. The zero-order chi connectivity index (χ0) is 21.0. The first-order valence-corrected chi connectivity index (χ1v) is 10.3. The Kier molecular flexibility index (Phi) is 6.43. The van der Waals surface area contributed by atoms with E-state index in [-0.39, 0.29) is 11.7 Å². The number of rotatable bonds is 6. The van der Waals surface area contributed by atoms with Crippen molar-refractivity contribution >= 4 is 45.6 Å². The summed E-state index contributed by atoms with van der Waals surface area (Å²) in [5.74, 6) is -3.15. The number of carboxylic acid groups (broad SMARTS) is 1. The van der Waals surface area contributed by atoms with Gasteiger partial charge >= 0.3 is 5.97 Å². The molecule has 29 heavy (non-hydrogen) atoms. The van der Waals surface area contributed by atoms with Crippen molar-refractivity contribution in [1.82, 2.24) is 0 Å². The molecule has 1 saturated carbocycles. The molecule has 1 fully saturated rings. The van der Waals surface area contributed by atoms with Crippen molar-refractivity contribution in [3.05, 3.63) is 46.8 Å². The highest BCUT2D eigenvalue weighted by Gasteiger charge is 2.36. The second-order valence-corrected chi connectivity index (χ2v) is 8.00. The van der Waals surface area contributed by atoms with E-state index in [9.17, 15) is 24.3 Å². The highest BCUT2D eigenvalue weighted by molar-refractivity contribution is 7.14. The molecule has 0 spiro atoms. The lowest BCUT2D eigenvalue weighted by atomic mass is 9.79. The Morgan fingerprint density at radius 3 is 2.45 bits per heavy atom. The van der Waals surface area contributed by atoms with Gasteiger partial charge in [0.25, 0.3) is 5.91 Å². The standard InChI is InChI=1S/C21H22N2O5S/c1-12(24)13-5-4-6-14(11-13)22-19(26)17-9-10-29-20(17)23-18(25)15-7-2-3-8-16(15)21(27)28/h4-6,9-11,15-16H,2-3,7-8H2,1H3,(H,22,26)(H,23,25)(H,27,28). The zero-order valence-corrected chi connectivity index (χ0v) is 16.8. The number of carbonyl (C=O) groups is 4. The number of carboxylic acids is 1. The number of amides is 2. The second-order valence-electron chi connectivity index (χ2n) is 7.08. The molecule has 7 nitrogen and oxygen atoms in total. The van der Waals surface area contributed by atoms with Crippen LogP contribution < -0.4 is 10.6 Å². The Bertz CT molecular complexity index is 952. The average Bonchev–Trinajstić information content (AvgIpc) is 3.16. The van der Waals surface area contributed by atoms with Crippen LogP contribution in [0, 0.1) is 11.8 Å². The first-order valence-electron chi connectivity index (χ1n) is 9.40. The van der Waals surface area contributed by atoms with Gasteiger partial charge in [-0.1, -0.05) is 25.0 Å². The molecule has 1 aliphatic carbocycles. The third-order valence-electron chi connectivity index (χ3n) is 5.09. The number of Topliss-reactive ketones (excluding diaryl/α,β-unsaturated/α-hetero) is 1. The fourth-order valence-electron chi connectivity index (χ4n) is 3.54. The summed E-state index contributed by atoms with van der Waals surface area (Å²) in [7, 11) is 0.